The molecule has 0 saturated carbocycles. The van der Waals surface area contributed by atoms with Crippen molar-refractivity contribution in [2.45, 2.75) is 42.7 Å². The van der Waals surface area contributed by atoms with Crippen molar-refractivity contribution in [1.29, 1.82) is 0 Å². The van der Waals surface area contributed by atoms with E-state index in [2.05, 4.69) is 0 Å². The van der Waals surface area contributed by atoms with E-state index in [0.717, 1.165) is 0 Å². The van der Waals surface area contributed by atoms with Crippen molar-refractivity contribution >= 4 is 23.7 Å². The van der Waals surface area contributed by atoms with E-state index in [0.29, 0.717) is 5.56 Å². The minimum atomic E-state index is -1.68. The summed E-state index contributed by atoms with van der Waals surface area (Å²) in [6.45, 7) is -0.348. The molecular weight excluding hydrogens is 572 g/mol. The third-order valence-corrected chi connectivity index (χ3v) is 7.65. The van der Waals surface area contributed by atoms with Crippen LogP contribution in [0.3, 0.4) is 0 Å². The maximum Gasteiger partial charge on any atom is 0.338 e. The lowest BCUT2D eigenvalue weighted by molar-refractivity contribution is -0.371. The smallest absolute Gasteiger partial charge is 0.338 e. The van der Waals surface area contributed by atoms with Crippen LogP contribution >= 0.6 is 0 Å². The second-order valence-electron chi connectivity index (χ2n) is 10.5. The lowest BCUT2D eigenvalue weighted by atomic mass is 9.90. The van der Waals surface area contributed by atoms with E-state index in [1.165, 1.54) is 0 Å². The molecule has 0 unspecified atom stereocenters. The Hall–Kier alpha value is -4.42. The lowest BCUT2D eigenvalue weighted by Crippen LogP contribution is -2.66. The number of carbonyl (C=O) groups excluding carboxylic acids is 4. The van der Waals surface area contributed by atoms with Crippen LogP contribution in [0.25, 0.3) is 0 Å². The molecule has 0 amide bonds. The van der Waals surface area contributed by atoms with Crippen LogP contribution in [0.1, 0.15) is 37.5 Å². The maximum absolute atomic E-state index is 13.4. The Morgan fingerprint density at radius 2 is 1.25 bits per heavy atom. The SMILES string of the molecule is O=C1CO[C@@]2([C@@H]3O[C@H](COC(=O)c4ccccc4)[C@@H](OC(=O)c4ccccc4)[C@H]3OC(=O)c3ccccc3)OCCO[C@H]2C1. The summed E-state index contributed by atoms with van der Waals surface area (Å²) in [5, 5.41) is 0. The number of ketones is 1. The lowest BCUT2D eigenvalue weighted by Gasteiger charge is -2.48. The maximum atomic E-state index is 13.4. The average Bonchev–Trinajstić information content (AvgIpc) is 3.41. The van der Waals surface area contributed by atoms with Gasteiger partial charge in [0, 0.05) is 6.42 Å². The molecule has 3 heterocycles. The van der Waals surface area contributed by atoms with Crippen LogP contribution < -0.4 is 0 Å². The Bertz CT molecular complexity index is 1480. The largest absolute Gasteiger partial charge is 0.459 e. The minimum absolute atomic E-state index is 0.0264. The molecule has 44 heavy (non-hydrogen) atoms. The highest BCUT2D eigenvalue weighted by molar-refractivity contribution is 5.91. The average molecular weight is 603 g/mol. The molecule has 0 aromatic heterocycles. The molecule has 6 atom stereocenters. The van der Waals surface area contributed by atoms with Crippen LogP contribution in [-0.4, -0.2) is 86.4 Å². The summed E-state index contributed by atoms with van der Waals surface area (Å²) in [5.74, 6) is -3.94. The molecule has 11 heteroatoms. The van der Waals surface area contributed by atoms with Gasteiger partial charge in [0.05, 0.1) is 29.9 Å². The van der Waals surface area contributed by atoms with Gasteiger partial charge in [-0.2, -0.15) is 0 Å². The van der Waals surface area contributed by atoms with E-state index in [1.807, 2.05) is 0 Å². The normalized spacial score (nSPS) is 28.0. The Balaban J connectivity index is 1.36. The summed E-state index contributed by atoms with van der Waals surface area (Å²) in [4.78, 5) is 52.0. The molecule has 0 bridgehead atoms. The predicted octanol–water partition coefficient (Wildman–Crippen LogP) is 3.16. The zero-order chi connectivity index (χ0) is 30.5. The fraction of sp³-hybridized carbons (Fsp3) is 0.333. The van der Waals surface area contributed by atoms with Crippen LogP contribution in [0.2, 0.25) is 0 Å². The molecule has 3 saturated heterocycles. The summed E-state index contributed by atoms with van der Waals surface area (Å²) in [6, 6.07) is 24.9. The standard InChI is InChI=1S/C33H30O11/c34-24-18-26-33(41-19-24,40-17-16-38-26)29-28(44-32(37)23-14-8-3-9-15-23)27(43-31(36)22-12-6-2-7-13-22)25(42-29)20-39-30(35)21-10-4-1-5-11-21/h1-15,25-29H,16-20H2/t25-,26+,27-,28-,29-,33+/m1/s1. The summed E-state index contributed by atoms with van der Waals surface area (Å²) >= 11 is 0. The number of hydrogen-bond donors (Lipinski definition) is 0. The first kappa shape index (κ1) is 29.6. The number of carbonyl (C=O) groups is 4. The van der Waals surface area contributed by atoms with Crippen molar-refractivity contribution in [2.75, 3.05) is 26.4 Å². The highest BCUT2D eigenvalue weighted by Crippen LogP contribution is 2.43. The summed E-state index contributed by atoms with van der Waals surface area (Å²) < 4.78 is 42.0. The summed E-state index contributed by atoms with van der Waals surface area (Å²) in [7, 11) is 0. The molecule has 0 spiro atoms. The van der Waals surface area contributed by atoms with Crippen molar-refractivity contribution in [1.82, 2.24) is 0 Å². The molecule has 0 radical (unpaired) electrons. The molecule has 11 nitrogen and oxygen atoms in total. The first-order valence-electron chi connectivity index (χ1n) is 14.3. The quantitative estimate of drug-likeness (QED) is 0.278. The molecule has 3 aliphatic heterocycles. The predicted molar refractivity (Wildman–Crippen MR) is 151 cm³/mol. The fourth-order valence-corrected chi connectivity index (χ4v) is 5.55. The highest BCUT2D eigenvalue weighted by atomic mass is 16.8. The van der Waals surface area contributed by atoms with Crippen molar-refractivity contribution < 1.29 is 52.3 Å². The molecule has 3 aromatic rings. The van der Waals surface area contributed by atoms with E-state index in [9.17, 15) is 19.2 Å². The Morgan fingerprint density at radius 1 is 0.705 bits per heavy atom. The van der Waals surface area contributed by atoms with Crippen LogP contribution in [0.4, 0.5) is 0 Å². The number of rotatable bonds is 8. The van der Waals surface area contributed by atoms with Crippen LogP contribution in [0, 0.1) is 0 Å². The van der Waals surface area contributed by atoms with Gasteiger partial charge in [-0.15, -0.1) is 0 Å². The number of fused-ring (bicyclic) bond motifs is 1. The summed E-state index contributed by atoms with van der Waals surface area (Å²) in [6.07, 6.45) is -5.85. The first-order chi connectivity index (χ1) is 21.4. The van der Waals surface area contributed by atoms with E-state index in [-0.39, 0.29) is 49.8 Å². The third-order valence-electron chi connectivity index (χ3n) is 7.65. The van der Waals surface area contributed by atoms with Gasteiger partial charge in [0.25, 0.3) is 0 Å². The van der Waals surface area contributed by atoms with Gasteiger partial charge in [-0.05, 0) is 36.4 Å². The molecule has 6 rings (SSSR count). The van der Waals surface area contributed by atoms with E-state index in [1.54, 1.807) is 91.0 Å². The topological polar surface area (TPSA) is 133 Å². The number of esters is 3. The zero-order valence-electron chi connectivity index (χ0n) is 23.6. The van der Waals surface area contributed by atoms with Crippen LogP contribution in [0.15, 0.2) is 91.0 Å². The van der Waals surface area contributed by atoms with Gasteiger partial charge in [0.15, 0.2) is 24.1 Å². The molecule has 3 fully saturated rings. The van der Waals surface area contributed by atoms with E-state index >= 15 is 0 Å². The van der Waals surface area contributed by atoms with E-state index in [4.69, 9.17) is 33.2 Å². The first-order valence-corrected chi connectivity index (χ1v) is 14.3. The second kappa shape index (κ2) is 13.1. The number of Topliss-reactive ketones (excluding diaryl/α,β-unsaturated/α-hetero) is 1. The number of hydrogen-bond acceptors (Lipinski definition) is 11. The molecular formula is C33H30O11. The van der Waals surface area contributed by atoms with Gasteiger partial charge in [-0.25, -0.2) is 14.4 Å². The van der Waals surface area contributed by atoms with Crippen LogP contribution in [-0.2, 0) is 38.0 Å². The van der Waals surface area contributed by atoms with Gasteiger partial charge in [-0.1, -0.05) is 54.6 Å². The number of benzene rings is 3. The Morgan fingerprint density at radius 3 is 1.84 bits per heavy atom. The highest BCUT2D eigenvalue weighted by Gasteiger charge is 2.65. The van der Waals surface area contributed by atoms with Crippen molar-refractivity contribution in [3.8, 4) is 0 Å². The Labute approximate surface area is 252 Å². The second-order valence-corrected chi connectivity index (χ2v) is 10.5. The number of ether oxygens (including phenoxy) is 7. The van der Waals surface area contributed by atoms with Crippen molar-refractivity contribution in [3.63, 3.8) is 0 Å². The molecule has 0 N–H and O–H groups in total. The fourth-order valence-electron chi connectivity index (χ4n) is 5.55. The van der Waals surface area contributed by atoms with Gasteiger partial charge >= 0.3 is 17.9 Å². The zero-order valence-corrected chi connectivity index (χ0v) is 23.6. The van der Waals surface area contributed by atoms with E-state index < -0.39 is 54.2 Å². The summed E-state index contributed by atoms with van der Waals surface area (Å²) in [5.41, 5.74) is 0.800. The minimum Gasteiger partial charge on any atom is -0.459 e. The van der Waals surface area contributed by atoms with Crippen LogP contribution in [0.5, 0.6) is 0 Å². The molecule has 228 valence electrons. The Kier molecular flexibility index (Phi) is 8.80. The van der Waals surface area contributed by atoms with Crippen molar-refractivity contribution in [3.05, 3.63) is 108 Å². The monoisotopic (exact) mass is 602 g/mol. The van der Waals surface area contributed by atoms with Gasteiger partial charge < -0.3 is 33.2 Å². The van der Waals surface area contributed by atoms with Crippen molar-refractivity contribution in [2.24, 2.45) is 0 Å². The van der Waals surface area contributed by atoms with Gasteiger partial charge in [-0.3, -0.25) is 4.79 Å². The van der Waals surface area contributed by atoms with Gasteiger partial charge in [0.1, 0.15) is 25.4 Å². The third kappa shape index (κ3) is 6.13. The molecule has 3 aliphatic rings. The molecule has 0 aliphatic carbocycles. The molecule has 3 aromatic carbocycles. The van der Waals surface area contributed by atoms with Gasteiger partial charge in [0.2, 0.25) is 5.79 Å².